The van der Waals surface area contributed by atoms with Crippen molar-refractivity contribution >= 4 is 50.5 Å². The van der Waals surface area contributed by atoms with E-state index in [0.29, 0.717) is 0 Å². The van der Waals surface area contributed by atoms with Gasteiger partial charge >= 0.3 is 0 Å². The summed E-state index contributed by atoms with van der Waals surface area (Å²) in [6.07, 6.45) is 0. The fourth-order valence-corrected chi connectivity index (χ4v) is 3.85. The Hall–Kier alpha value is -0.0200. The van der Waals surface area contributed by atoms with Gasteiger partial charge in [0.1, 0.15) is 0 Å². The molecule has 2 aromatic rings. The van der Waals surface area contributed by atoms with E-state index in [1.165, 1.54) is 4.88 Å². The van der Waals surface area contributed by atoms with Gasteiger partial charge in [0.15, 0.2) is 0 Å². The van der Waals surface area contributed by atoms with Crippen LogP contribution in [-0.2, 0) is 0 Å². The molecule has 4 heteroatoms. The first-order valence-electron chi connectivity index (χ1n) is 5.15. The standard InChI is InChI=1S/C13H11BrCl2S/c1-7-4-3-5-9(12(7)15)13(16)11-6-10(14)8(2)17-11/h3-6,13H,1-2H3. The molecule has 90 valence electrons. The monoisotopic (exact) mass is 348 g/mol. The van der Waals surface area contributed by atoms with Gasteiger partial charge in [-0.15, -0.1) is 22.9 Å². The predicted molar refractivity (Wildman–Crippen MR) is 80.6 cm³/mol. The number of alkyl halides is 1. The first-order chi connectivity index (χ1) is 8.00. The number of aryl methyl sites for hydroxylation is 2. The average Bonchev–Trinajstić information content (AvgIpc) is 2.62. The van der Waals surface area contributed by atoms with Gasteiger partial charge in [-0.3, -0.25) is 0 Å². The van der Waals surface area contributed by atoms with Crippen molar-refractivity contribution in [3.05, 3.63) is 54.6 Å². The largest absolute Gasteiger partial charge is 0.143 e. The van der Waals surface area contributed by atoms with Crippen molar-refractivity contribution in [2.75, 3.05) is 0 Å². The highest BCUT2D eigenvalue weighted by molar-refractivity contribution is 9.10. The second kappa shape index (κ2) is 5.31. The van der Waals surface area contributed by atoms with E-state index in [-0.39, 0.29) is 5.38 Å². The van der Waals surface area contributed by atoms with Crippen LogP contribution < -0.4 is 0 Å². The summed E-state index contributed by atoms with van der Waals surface area (Å²) in [6, 6.07) is 8.03. The third-order valence-electron chi connectivity index (χ3n) is 2.62. The van der Waals surface area contributed by atoms with Gasteiger partial charge < -0.3 is 0 Å². The van der Waals surface area contributed by atoms with E-state index in [9.17, 15) is 0 Å². The van der Waals surface area contributed by atoms with Gasteiger partial charge in [0.25, 0.3) is 0 Å². The Bertz CT molecular complexity index is 529. The van der Waals surface area contributed by atoms with Crippen molar-refractivity contribution in [3.63, 3.8) is 0 Å². The molecule has 1 atom stereocenters. The molecule has 0 radical (unpaired) electrons. The van der Waals surface area contributed by atoms with E-state index < -0.39 is 0 Å². The molecular weight excluding hydrogens is 339 g/mol. The molecule has 0 spiro atoms. The molecule has 0 saturated heterocycles. The summed E-state index contributed by atoms with van der Waals surface area (Å²) in [7, 11) is 0. The van der Waals surface area contributed by atoms with Crippen LogP contribution in [0.15, 0.2) is 28.7 Å². The lowest BCUT2D eigenvalue weighted by atomic mass is 10.1. The Morgan fingerprint density at radius 3 is 2.59 bits per heavy atom. The minimum absolute atomic E-state index is 0.183. The first kappa shape index (κ1) is 13.4. The summed E-state index contributed by atoms with van der Waals surface area (Å²) < 4.78 is 1.10. The van der Waals surface area contributed by atoms with Gasteiger partial charge in [-0.05, 0) is 47.0 Å². The van der Waals surface area contributed by atoms with Gasteiger partial charge in [-0.2, -0.15) is 0 Å². The third kappa shape index (κ3) is 2.70. The summed E-state index contributed by atoms with van der Waals surface area (Å²) in [4.78, 5) is 2.35. The van der Waals surface area contributed by atoms with Crippen LogP contribution in [0.4, 0.5) is 0 Å². The van der Waals surface area contributed by atoms with Crippen molar-refractivity contribution in [1.29, 1.82) is 0 Å². The van der Waals surface area contributed by atoms with Crippen LogP contribution in [0.25, 0.3) is 0 Å². The van der Waals surface area contributed by atoms with Crippen LogP contribution in [-0.4, -0.2) is 0 Å². The molecule has 2 rings (SSSR count). The maximum atomic E-state index is 6.50. The number of halogens is 3. The molecule has 1 aromatic carbocycles. The fourth-order valence-electron chi connectivity index (χ4n) is 1.63. The minimum Gasteiger partial charge on any atom is -0.143 e. The van der Waals surface area contributed by atoms with Crippen LogP contribution in [0.3, 0.4) is 0 Å². The second-order valence-electron chi connectivity index (χ2n) is 3.89. The Labute approximate surface area is 124 Å². The molecule has 0 aliphatic carbocycles. The lowest BCUT2D eigenvalue weighted by molar-refractivity contribution is 1.17. The van der Waals surface area contributed by atoms with E-state index in [1.54, 1.807) is 11.3 Å². The van der Waals surface area contributed by atoms with Crippen LogP contribution >= 0.6 is 50.5 Å². The van der Waals surface area contributed by atoms with Gasteiger partial charge in [-0.25, -0.2) is 0 Å². The van der Waals surface area contributed by atoms with Crippen molar-refractivity contribution in [2.24, 2.45) is 0 Å². The molecular formula is C13H11BrCl2S. The van der Waals surface area contributed by atoms with E-state index in [2.05, 4.69) is 28.9 Å². The molecule has 0 nitrogen and oxygen atoms in total. The minimum atomic E-state index is -0.183. The normalized spacial score (nSPS) is 12.8. The molecule has 1 aromatic heterocycles. The Morgan fingerprint density at radius 2 is 2.00 bits per heavy atom. The predicted octanol–water partition coefficient (Wildman–Crippen LogP) is 6.11. The molecule has 1 unspecified atom stereocenters. The molecule has 0 fully saturated rings. The van der Waals surface area contributed by atoms with Crippen LogP contribution in [0.2, 0.25) is 5.02 Å². The Kier molecular flexibility index (Phi) is 4.19. The molecule has 1 heterocycles. The fraction of sp³-hybridized carbons (Fsp3) is 0.231. The summed E-state index contributed by atoms with van der Waals surface area (Å²) >= 11 is 18.0. The third-order valence-corrected chi connectivity index (χ3v) is 5.94. The van der Waals surface area contributed by atoms with Crippen LogP contribution in [0, 0.1) is 13.8 Å². The number of thiophene rings is 1. The summed E-state index contributed by atoms with van der Waals surface area (Å²) in [5.74, 6) is 0. The zero-order chi connectivity index (χ0) is 12.6. The number of hydrogen-bond donors (Lipinski definition) is 0. The zero-order valence-electron chi connectivity index (χ0n) is 9.43. The van der Waals surface area contributed by atoms with Crippen molar-refractivity contribution in [1.82, 2.24) is 0 Å². The van der Waals surface area contributed by atoms with Gasteiger partial charge in [0, 0.05) is 19.2 Å². The SMILES string of the molecule is Cc1cccc(C(Cl)c2cc(Br)c(C)s2)c1Cl. The molecule has 0 saturated carbocycles. The zero-order valence-corrected chi connectivity index (χ0v) is 13.3. The van der Waals surface area contributed by atoms with Crippen LogP contribution in [0.5, 0.6) is 0 Å². The van der Waals surface area contributed by atoms with Crippen molar-refractivity contribution in [2.45, 2.75) is 19.2 Å². The van der Waals surface area contributed by atoms with Crippen molar-refractivity contribution in [3.8, 4) is 0 Å². The highest BCUT2D eigenvalue weighted by Gasteiger charge is 2.18. The smallest absolute Gasteiger partial charge is 0.0942 e. The summed E-state index contributed by atoms with van der Waals surface area (Å²) in [5, 5.41) is 0.576. The average molecular weight is 350 g/mol. The van der Waals surface area contributed by atoms with E-state index in [0.717, 1.165) is 25.5 Å². The topological polar surface area (TPSA) is 0 Å². The lowest BCUT2D eigenvalue weighted by Crippen LogP contribution is -1.92. The number of benzene rings is 1. The molecule has 0 N–H and O–H groups in total. The van der Waals surface area contributed by atoms with Gasteiger partial charge in [0.05, 0.1) is 5.38 Å². The van der Waals surface area contributed by atoms with E-state index in [4.69, 9.17) is 23.2 Å². The summed E-state index contributed by atoms with van der Waals surface area (Å²) in [5.41, 5.74) is 2.03. The van der Waals surface area contributed by atoms with Gasteiger partial charge in [-0.1, -0.05) is 29.8 Å². The first-order valence-corrected chi connectivity index (χ1v) is 7.58. The van der Waals surface area contributed by atoms with E-state index >= 15 is 0 Å². The molecule has 0 bridgehead atoms. The van der Waals surface area contributed by atoms with Gasteiger partial charge in [0.2, 0.25) is 0 Å². The summed E-state index contributed by atoms with van der Waals surface area (Å²) in [6.45, 7) is 4.06. The Balaban J connectivity index is 2.43. The van der Waals surface area contributed by atoms with Crippen LogP contribution in [0.1, 0.15) is 26.3 Å². The molecule has 0 aliphatic rings. The number of hydrogen-bond acceptors (Lipinski definition) is 1. The second-order valence-corrected chi connectivity index (χ2v) is 6.85. The lowest BCUT2D eigenvalue weighted by Gasteiger charge is -2.11. The molecule has 0 amide bonds. The number of rotatable bonds is 2. The quantitative estimate of drug-likeness (QED) is 0.574. The molecule has 0 aliphatic heterocycles. The van der Waals surface area contributed by atoms with E-state index in [1.807, 2.05) is 25.1 Å². The Morgan fingerprint density at radius 1 is 1.29 bits per heavy atom. The maximum absolute atomic E-state index is 6.50. The highest BCUT2D eigenvalue weighted by atomic mass is 79.9. The highest BCUT2D eigenvalue weighted by Crippen LogP contribution is 2.40. The molecule has 17 heavy (non-hydrogen) atoms. The van der Waals surface area contributed by atoms with Crippen molar-refractivity contribution < 1.29 is 0 Å². The maximum Gasteiger partial charge on any atom is 0.0942 e.